The second kappa shape index (κ2) is 7.15. The lowest BCUT2D eigenvalue weighted by atomic mass is 10.1. The van der Waals surface area contributed by atoms with E-state index in [1.54, 1.807) is 30.3 Å². The van der Waals surface area contributed by atoms with Gasteiger partial charge >= 0.3 is 6.03 Å². The molecule has 0 aliphatic carbocycles. The van der Waals surface area contributed by atoms with E-state index in [2.05, 4.69) is 5.32 Å². The van der Waals surface area contributed by atoms with Gasteiger partial charge in [0.1, 0.15) is 11.4 Å². The molecule has 0 unspecified atom stereocenters. The molecule has 8 heteroatoms. The Balaban J connectivity index is 1.54. The van der Waals surface area contributed by atoms with E-state index in [9.17, 15) is 18.8 Å². The summed E-state index contributed by atoms with van der Waals surface area (Å²) in [7, 11) is 0. The highest BCUT2D eigenvalue weighted by atomic mass is 19.1. The maximum atomic E-state index is 13.0. The maximum absolute atomic E-state index is 13.0. The largest absolute Gasteiger partial charge is 0.454 e. The van der Waals surface area contributed by atoms with Crippen LogP contribution < -0.4 is 14.8 Å². The number of nitrogens with zero attached hydrogens (tertiary/aromatic N) is 1. The van der Waals surface area contributed by atoms with Gasteiger partial charge in [0, 0.05) is 6.54 Å². The van der Waals surface area contributed by atoms with Crippen molar-refractivity contribution in [3.05, 3.63) is 65.0 Å². The standard InChI is InChI=1S/C20H15FN2O5/c21-14-4-1-12(2-5-14)7-8-23-19(25)15(18(24)22-20(23)26)9-13-3-6-16-17(10-13)28-11-27-16/h1-6,9-10H,7-8,11H2,(H,22,24,26)/b15-9-. The second-order valence-corrected chi connectivity index (χ2v) is 6.26. The first-order chi connectivity index (χ1) is 13.5. The van der Waals surface area contributed by atoms with Crippen LogP contribution in [0.3, 0.4) is 0 Å². The fourth-order valence-electron chi connectivity index (χ4n) is 2.96. The smallest absolute Gasteiger partial charge is 0.331 e. The number of rotatable bonds is 4. The van der Waals surface area contributed by atoms with Crippen LogP contribution in [-0.2, 0) is 16.0 Å². The number of fused-ring (bicyclic) bond motifs is 1. The number of amides is 4. The summed E-state index contributed by atoms with van der Waals surface area (Å²) in [5, 5.41) is 2.17. The highest BCUT2D eigenvalue weighted by Crippen LogP contribution is 2.33. The van der Waals surface area contributed by atoms with Gasteiger partial charge in [-0.3, -0.25) is 19.8 Å². The minimum absolute atomic E-state index is 0.0576. The third kappa shape index (κ3) is 3.44. The molecule has 4 amide bonds. The third-order valence-corrected chi connectivity index (χ3v) is 4.43. The number of halogens is 1. The summed E-state index contributed by atoms with van der Waals surface area (Å²) >= 11 is 0. The van der Waals surface area contributed by atoms with Crippen molar-refractivity contribution in [2.45, 2.75) is 6.42 Å². The molecule has 4 rings (SSSR count). The van der Waals surface area contributed by atoms with Crippen molar-refractivity contribution in [2.24, 2.45) is 0 Å². The SMILES string of the molecule is O=C1NC(=O)N(CCc2ccc(F)cc2)C(=O)/C1=C\c1ccc2c(c1)OCO2. The number of hydrogen-bond donors (Lipinski definition) is 1. The molecule has 2 heterocycles. The van der Waals surface area contributed by atoms with E-state index in [1.165, 1.54) is 18.2 Å². The van der Waals surface area contributed by atoms with E-state index in [1.807, 2.05) is 0 Å². The second-order valence-electron chi connectivity index (χ2n) is 6.26. The molecule has 0 radical (unpaired) electrons. The zero-order chi connectivity index (χ0) is 19.7. The van der Waals surface area contributed by atoms with Crippen molar-refractivity contribution in [1.29, 1.82) is 0 Å². The van der Waals surface area contributed by atoms with Gasteiger partial charge in [0.25, 0.3) is 11.8 Å². The lowest BCUT2D eigenvalue weighted by molar-refractivity contribution is -0.130. The van der Waals surface area contributed by atoms with Crippen LogP contribution in [0.15, 0.2) is 48.0 Å². The summed E-state index contributed by atoms with van der Waals surface area (Å²) in [6, 6.07) is 10.0. The van der Waals surface area contributed by atoms with Gasteiger partial charge in [-0.1, -0.05) is 18.2 Å². The monoisotopic (exact) mass is 382 g/mol. The lowest BCUT2D eigenvalue weighted by Crippen LogP contribution is -2.54. The summed E-state index contributed by atoms with van der Waals surface area (Å²) in [6.45, 7) is 0.169. The van der Waals surface area contributed by atoms with Crippen LogP contribution in [0.2, 0.25) is 0 Å². The predicted molar refractivity (Wildman–Crippen MR) is 95.9 cm³/mol. The zero-order valence-electron chi connectivity index (χ0n) is 14.6. The van der Waals surface area contributed by atoms with Gasteiger partial charge in [0.05, 0.1) is 0 Å². The summed E-state index contributed by atoms with van der Waals surface area (Å²) in [5.41, 5.74) is 1.17. The van der Waals surface area contributed by atoms with Gasteiger partial charge in [0.2, 0.25) is 6.79 Å². The highest BCUT2D eigenvalue weighted by molar-refractivity contribution is 6.31. The van der Waals surface area contributed by atoms with Gasteiger partial charge in [-0.25, -0.2) is 9.18 Å². The quantitative estimate of drug-likeness (QED) is 0.648. The number of ether oxygens (including phenoxy) is 2. The minimum atomic E-state index is -0.778. The molecule has 2 aromatic carbocycles. The summed E-state index contributed by atoms with van der Waals surface area (Å²) < 4.78 is 23.5. The van der Waals surface area contributed by atoms with Crippen molar-refractivity contribution in [3.8, 4) is 11.5 Å². The number of hydrogen-bond acceptors (Lipinski definition) is 5. The maximum Gasteiger partial charge on any atom is 0.331 e. The summed E-state index contributed by atoms with van der Waals surface area (Å²) in [5.74, 6) is -0.714. The van der Waals surface area contributed by atoms with Crippen LogP contribution in [0.4, 0.5) is 9.18 Å². The van der Waals surface area contributed by atoms with Gasteiger partial charge in [-0.05, 0) is 47.9 Å². The molecule has 1 fully saturated rings. The lowest BCUT2D eigenvalue weighted by Gasteiger charge is -2.26. The number of nitrogens with one attached hydrogen (secondary N) is 1. The van der Waals surface area contributed by atoms with Gasteiger partial charge in [-0.15, -0.1) is 0 Å². The third-order valence-electron chi connectivity index (χ3n) is 4.43. The fraction of sp³-hybridized carbons (Fsp3) is 0.150. The highest BCUT2D eigenvalue weighted by Gasteiger charge is 2.35. The van der Waals surface area contributed by atoms with E-state index in [4.69, 9.17) is 9.47 Å². The van der Waals surface area contributed by atoms with Gasteiger partial charge in [0.15, 0.2) is 11.5 Å². The molecule has 28 heavy (non-hydrogen) atoms. The predicted octanol–water partition coefficient (Wildman–Crippen LogP) is 2.26. The molecule has 0 saturated carbocycles. The molecule has 1 N–H and O–H groups in total. The molecule has 142 valence electrons. The molecule has 0 spiro atoms. The topological polar surface area (TPSA) is 84.9 Å². The van der Waals surface area contributed by atoms with Crippen LogP contribution in [0, 0.1) is 5.82 Å². The van der Waals surface area contributed by atoms with Crippen molar-refractivity contribution in [3.63, 3.8) is 0 Å². The number of barbiturate groups is 1. The fourth-order valence-corrected chi connectivity index (χ4v) is 2.96. The Morgan fingerprint density at radius 1 is 1.04 bits per heavy atom. The van der Waals surface area contributed by atoms with Crippen molar-refractivity contribution < 1.29 is 28.2 Å². The minimum Gasteiger partial charge on any atom is -0.454 e. The summed E-state index contributed by atoms with van der Waals surface area (Å²) in [6.07, 6.45) is 1.74. The van der Waals surface area contributed by atoms with E-state index < -0.39 is 17.8 Å². The van der Waals surface area contributed by atoms with Gasteiger partial charge < -0.3 is 9.47 Å². The van der Waals surface area contributed by atoms with Crippen molar-refractivity contribution >= 4 is 23.9 Å². The molecular weight excluding hydrogens is 367 g/mol. The zero-order valence-corrected chi connectivity index (χ0v) is 14.6. The Hall–Kier alpha value is -3.68. The Morgan fingerprint density at radius 3 is 2.57 bits per heavy atom. The number of urea groups is 1. The molecule has 0 bridgehead atoms. The van der Waals surface area contributed by atoms with Crippen LogP contribution in [0.1, 0.15) is 11.1 Å². The van der Waals surface area contributed by atoms with E-state index >= 15 is 0 Å². The summed E-state index contributed by atoms with van der Waals surface area (Å²) in [4.78, 5) is 37.9. The molecule has 2 aromatic rings. The number of benzene rings is 2. The first kappa shape index (κ1) is 17.7. The molecular formula is C20H15FN2O5. The van der Waals surface area contributed by atoms with E-state index in [0.29, 0.717) is 23.5 Å². The van der Waals surface area contributed by atoms with E-state index in [0.717, 1.165) is 10.5 Å². The number of carbonyl (C=O) groups is 3. The van der Waals surface area contributed by atoms with Crippen LogP contribution in [-0.4, -0.2) is 36.1 Å². The average Bonchev–Trinajstić information content (AvgIpc) is 3.14. The molecule has 2 aliphatic rings. The van der Waals surface area contributed by atoms with E-state index in [-0.39, 0.29) is 24.7 Å². The van der Waals surface area contributed by atoms with Crippen LogP contribution in [0.5, 0.6) is 11.5 Å². The molecule has 7 nitrogen and oxygen atoms in total. The Kier molecular flexibility index (Phi) is 4.52. The molecule has 2 aliphatic heterocycles. The number of carbonyl (C=O) groups excluding carboxylic acids is 3. The Labute approximate surface area is 159 Å². The number of imide groups is 2. The van der Waals surface area contributed by atoms with Crippen molar-refractivity contribution in [1.82, 2.24) is 10.2 Å². The molecule has 0 aromatic heterocycles. The average molecular weight is 382 g/mol. The Bertz CT molecular complexity index is 1000. The normalized spacial score (nSPS) is 17.2. The Morgan fingerprint density at radius 2 is 1.79 bits per heavy atom. The first-order valence-corrected chi connectivity index (χ1v) is 8.54. The molecule has 0 atom stereocenters. The van der Waals surface area contributed by atoms with Crippen LogP contribution >= 0.6 is 0 Å². The molecule has 1 saturated heterocycles. The van der Waals surface area contributed by atoms with Crippen LogP contribution in [0.25, 0.3) is 6.08 Å². The van der Waals surface area contributed by atoms with Gasteiger partial charge in [-0.2, -0.15) is 0 Å². The van der Waals surface area contributed by atoms with Crippen molar-refractivity contribution in [2.75, 3.05) is 13.3 Å². The first-order valence-electron chi connectivity index (χ1n) is 8.54.